The Hall–Kier alpha value is -2.82. The second-order valence-electron chi connectivity index (χ2n) is 5.62. The van der Waals surface area contributed by atoms with E-state index in [-0.39, 0.29) is 5.91 Å². The Labute approximate surface area is 148 Å². The smallest absolute Gasteiger partial charge is 0.338 e. The van der Waals surface area contributed by atoms with Gasteiger partial charge in [-0.05, 0) is 50.6 Å². The molecule has 0 saturated carbocycles. The lowest BCUT2D eigenvalue weighted by molar-refractivity contribution is -0.122. The van der Waals surface area contributed by atoms with Gasteiger partial charge in [0.1, 0.15) is 5.75 Å². The van der Waals surface area contributed by atoms with Crippen molar-refractivity contribution < 1.29 is 19.1 Å². The number of ether oxygens (including phenoxy) is 2. The number of carbonyl (C=O) groups is 2. The molecule has 0 radical (unpaired) electrons. The highest BCUT2D eigenvalue weighted by Crippen LogP contribution is 2.17. The van der Waals surface area contributed by atoms with Crippen molar-refractivity contribution in [3.8, 4) is 5.75 Å². The molecule has 2 rings (SSSR count). The Balaban J connectivity index is 2.05. The molecule has 5 heteroatoms. The number of esters is 1. The van der Waals surface area contributed by atoms with Crippen molar-refractivity contribution >= 4 is 17.6 Å². The highest BCUT2D eigenvalue weighted by molar-refractivity contribution is 5.96. The van der Waals surface area contributed by atoms with E-state index in [0.717, 1.165) is 5.56 Å². The van der Waals surface area contributed by atoms with E-state index < -0.39 is 12.1 Å². The van der Waals surface area contributed by atoms with Crippen LogP contribution in [0.1, 0.15) is 36.2 Å². The molecule has 0 aliphatic carbocycles. The molecule has 0 bridgehead atoms. The van der Waals surface area contributed by atoms with Crippen molar-refractivity contribution in [3.63, 3.8) is 0 Å². The van der Waals surface area contributed by atoms with Crippen LogP contribution in [0.25, 0.3) is 0 Å². The molecule has 0 spiro atoms. The number of benzene rings is 2. The zero-order chi connectivity index (χ0) is 18.2. The highest BCUT2D eigenvalue weighted by atomic mass is 16.5. The molecule has 2 aromatic rings. The molecule has 1 unspecified atom stereocenters. The third-order valence-corrected chi connectivity index (χ3v) is 3.60. The van der Waals surface area contributed by atoms with E-state index in [9.17, 15) is 9.59 Å². The van der Waals surface area contributed by atoms with Gasteiger partial charge in [0.05, 0.1) is 12.2 Å². The van der Waals surface area contributed by atoms with E-state index >= 15 is 0 Å². The molecule has 1 atom stereocenters. The quantitative estimate of drug-likeness (QED) is 0.774. The lowest BCUT2D eigenvalue weighted by Crippen LogP contribution is -2.32. The highest BCUT2D eigenvalue weighted by Gasteiger charge is 2.19. The average molecular weight is 341 g/mol. The number of aryl methyl sites for hydroxylation is 1. The minimum Gasteiger partial charge on any atom is -0.481 e. The maximum Gasteiger partial charge on any atom is 0.338 e. The van der Waals surface area contributed by atoms with Crippen LogP contribution >= 0.6 is 0 Å². The molecule has 132 valence electrons. The van der Waals surface area contributed by atoms with Crippen LogP contribution in [0.3, 0.4) is 0 Å². The van der Waals surface area contributed by atoms with Crippen LogP contribution in [0.2, 0.25) is 0 Å². The Bertz CT molecular complexity index is 725. The maximum absolute atomic E-state index is 12.5. The van der Waals surface area contributed by atoms with Gasteiger partial charge in [-0.3, -0.25) is 4.79 Å². The topological polar surface area (TPSA) is 64.6 Å². The number of hydrogen-bond acceptors (Lipinski definition) is 4. The van der Waals surface area contributed by atoms with Gasteiger partial charge in [-0.15, -0.1) is 0 Å². The summed E-state index contributed by atoms with van der Waals surface area (Å²) in [5.41, 5.74) is 2.05. The summed E-state index contributed by atoms with van der Waals surface area (Å²) in [6.45, 7) is 5.92. The lowest BCUT2D eigenvalue weighted by Gasteiger charge is -2.17. The molecule has 25 heavy (non-hydrogen) atoms. The van der Waals surface area contributed by atoms with Gasteiger partial charge in [0.2, 0.25) is 0 Å². The van der Waals surface area contributed by atoms with Crippen molar-refractivity contribution in [2.45, 2.75) is 33.3 Å². The Morgan fingerprint density at radius 2 is 1.80 bits per heavy atom. The van der Waals surface area contributed by atoms with Crippen molar-refractivity contribution in [1.82, 2.24) is 0 Å². The van der Waals surface area contributed by atoms with Crippen molar-refractivity contribution in [2.24, 2.45) is 0 Å². The summed E-state index contributed by atoms with van der Waals surface area (Å²) in [4.78, 5) is 24.3. The largest absolute Gasteiger partial charge is 0.481 e. The maximum atomic E-state index is 12.5. The standard InChI is InChI=1S/C20H23NO4/c1-4-18(25-17-11-9-14(3)10-12-17)19(22)21-16-8-6-7-15(13-16)20(23)24-5-2/h6-13,18H,4-5H2,1-3H3,(H,21,22). The van der Waals surface area contributed by atoms with E-state index in [1.54, 1.807) is 31.2 Å². The molecule has 0 heterocycles. The van der Waals surface area contributed by atoms with Gasteiger partial charge in [-0.2, -0.15) is 0 Å². The molecular formula is C20H23NO4. The van der Waals surface area contributed by atoms with E-state index in [1.807, 2.05) is 38.1 Å². The van der Waals surface area contributed by atoms with Crippen LogP contribution in [0, 0.1) is 6.92 Å². The van der Waals surface area contributed by atoms with Crippen LogP contribution in [0.5, 0.6) is 5.75 Å². The van der Waals surface area contributed by atoms with Crippen LogP contribution in [-0.4, -0.2) is 24.6 Å². The summed E-state index contributed by atoms with van der Waals surface area (Å²) in [6.07, 6.45) is -0.0916. The Morgan fingerprint density at radius 3 is 2.44 bits per heavy atom. The van der Waals surface area contributed by atoms with Gasteiger partial charge < -0.3 is 14.8 Å². The van der Waals surface area contributed by atoms with Crippen LogP contribution in [0.15, 0.2) is 48.5 Å². The minimum atomic E-state index is -0.617. The first-order valence-electron chi connectivity index (χ1n) is 8.34. The monoisotopic (exact) mass is 341 g/mol. The molecule has 0 saturated heterocycles. The number of amides is 1. The number of anilines is 1. The average Bonchev–Trinajstić information content (AvgIpc) is 2.61. The second-order valence-corrected chi connectivity index (χ2v) is 5.62. The summed E-state index contributed by atoms with van der Waals surface area (Å²) in [5, 5.41) is 2.79. The van der Waals surface area contributed by atoms with Crippen molar-refractivity contribution in [2.75, 3.05) is 11.9 Å². The van der Waals surface area contributed by atoms with E-state index in [0.29, 0.717) is 30.0 Å². The summed E-state index contributed by atoms with van der Waals surface area (Å²) in [5.74, 6) is -0.0292. The molecule has 1 amide bonds. The fourth-order valence-electron chi connectivity index (χ4n) is 2.26. The van der Waals surface area contributed by atoms with Crippen molar-refractivity contribution in [3.05, 3.63) is 59.7 Å². The summed E-state index contributed by atoms with van der Waals surface area (Å²) in [6, 6.07) is 14.2. The first-order chi connectivity index (χ1) is 12.0. The van der Waals surface area contributed by atoms with E-state index in [4.69, 9.17) is 9.47 Å². The van der Waals surface area contributed by atoms with Crippen LogP contribution < -0.4 is 10.1 Å². The number of hydrogen-bond donors (Lipinski definition) is 1. The number of rotatable bonds is 7. The normalized spacial score (nSPS) is 11.5. The van der Waals surface area contributed by atoms with Gasteiger partial charge in [0.25, 0.3) is 5.91 Å². The zero-order valence-electron chi connectivity index (χ0n) is 14.7. The minimum absolute atomic E-state index is 0.260. The summed E-state index contributed by atoms with van der Waals surface area (Å²) in [7, 11) is 0. The first-order valence-corrected chi connectivity index (χ1v) is 8.34. The first kappa shape index (κ1) is 18.5. The third-order valence-electron chi connectivity index (χ3n) is 3.60. The van der Waals surface area contributed by atoms with E-state index in [1.165, 1.54) is 0 Å². The number of nitrogens with one attached hydrogen (secondary N) is 1. The summed E-state index contributed by atoms with van der Waals surface area (Å²) < 4.78 is 10.7. The predicted molar refractivity (Wildman–Crippen MR) is 96.9 cm³/mol. The van der Waals surface area contributed by atoms with Gasteiger partial charge in [-0.1, -0.05) is 30.7 Å². The van der Waals surface area contributed by atoms with Gasteiger partial charge in [0, 0.05) is 5.69 Å². The molecular weight excluding hydrogens is 318 g/mol. The van der Waals surface area contributed by atoms with Crippen LogP contribution in [-0.2, 0) is 9.53 Å². The Kier molecular flexibility index (Phi) is 6.57. The number of carbonyl (C=O) groups excluding carboxylic acids is 2. The van der Waals surface area contributed by atoms with Crippen LogP contribution in [0.4, 0.5) is 5.69 Å². The molecule has 0 aliphatic heterocycles. The fraction of sp³-hybridized carbons (Fsp3) is 0.300. The second kappa shape index (κ2) is 8.87. The SMILES string of the molecule is CCOC(=O)c1cccc(NC(=O)C(CC)Oc2ccc(C)cc2)c1. The van der Waals surface area contributed by atoms with Gasteiger partial charge >= 0.3 is 5.97 Å². The zero-order valence-corrected chi connectivity index (χ0v) is 14.7. The molecule has 1 N–H and O–H groups in total. The van der Waals surface area contributed by atoms with Gasteiger partial charge in [-0.25, -0.2) is 4.79 Å². The molecule has 0 aliphatic rings. The molecule has 0 fully saturated rings. The molecule has 0 aromatic heterocycles. The molecule has 5 nitrogen and oxygen atoms in total. The molecule has 2 aromatic carbocycles. The van der Waals surface area contributed by atoms with Gasteiger partial charge in [0.15, 0.2) is 6.10 Å². The Morgan fingerprint density at radius 1 is 1.08 bits per heavy atom. The summed E-state index contributed by atoms with van der Waals surface area (Å²) >= 11 is 0. The lowest BCUT2D eigenvalue weighted by atomic mass is 10.2. The predicted octanol–water partition coefficient (Wildman–Crippen LogP) is 3.97. The fourth-order valence-corrected chi connectivity index (χ4v) is 2.26. The van der Waals surface area contributed by atoms with E-state index in [2.05, 4.69) is 5.32 Å². The van der Waals surface area contributed by atoms with Crippen molar-refractivity contribution in [1.29, 1.82) is 0 Å². The third kappa shape index (κ3) is 5.35.